The molecule has 0 aromatic heterocycles. The van der Waals surface area contributed by atoms with Crippen LogP contribution in [0.2, 0.25) is 0 Å². The van der Waals surface area contributed by atoms with Crippen molar-refractivity contribution in [2.45, 2.75) is 96.8 Å². The van der Waals surface area contributed by atoms with Crippen LogP contribution in [0.3, 0.4) is 0 Å². The molecule has 6 heteroatoms. The highest BCUT2D eigenvalue weighted by Crippen LogP contribution is 2.12. The van der Waals surface area contributed by atoms with Crippen molar-refractivity contribution in [2.75, 3.05) is 20.6 Å². The van der Waals surface area contributed by atoms with E-state index in [1.807, 2.05) is 0 Å². The zero-order valence-electron chi connectivity index (χ0n) is 16.2. The number of nitrogens with zero attached hydrogens (tertiary/aromatic N) is 1. The average Bonchev–Trinajstić information content (AvgIpc) is 2.45. The third-order valence-electron chi connectivity index (χ3n) is 3.96. The summed E-state index contributed by atoms with van der Waals surface area (Å²) in [5.41, 5.74) is 0. The van der Waals surface area contributed by atoms with Crippen LogP contribution in [0.5, 0.6) is 0 Å². The zero-order chi connectivity index (χ0) is 18.7. The summed E-state index contributed by atoms with van der Waals surface area (Å²) < 4.78 is 31.6. The smallest absolute Gasteiger partial charge is 0.309 e. The maximum atomic E-state index is 8.74. The molecule has 0 aliphatic heterocycles. The van der Waals surface area contributed by atoms with E-state index in [9.17, 15) is 0 Å². The summed E-state index contributed by atoms with van der Waals surface area (Å²) >= 11 is 0. The molecular weight excluding hydrogens is 326 g/mol. The molecule has 0 bridgehead atoms. The fourth-order valence-electron chi connectivity index (χ4n) is 2.62. The molecule has 0 aromatic rings. The molecule has 0 spiro atoms. The highest BCUT2D eigenvalue weighted by atomic mass is 32.3. The lowest BCUT2D eigenvalue weighted by Gasteiger charge is -2.08. The third kappa shape index (κ3) is 37.8. The molecule has 0 aliphatic rings. The van der Waals surface area contributed by atoms with Gasteiger partial charge in [0.15, 0.2) is 0 Å². The van der Waals surface area contributed by atoms with Gasteiger partial charge in [-0.1, -0.05) is 90.4 Å². The lowest BCUT2D eigenvalue weighted by atomic mass is 10.0. The second-order valence-corrected chi connectivity index (χ2v) is 7.74. The second kappa shape index (κ2) is 19.2. The SMILES string of the molecule is CCCCCCCCCCCCCCCCN(C)C.O=S(=O)(O)O. The van der Waals surface area contributed by atoms with Gasteiger partial charge in [-0.2, -0.15) is 8.42 Å². The Morgan fingerprint density at radius 2 is 0.875 bits per heavy atom. The molecule has 2 N–H and O–H groups in total. The van der Waals surface area contributed by atoms with Crippen molar-refractivity contribution < 1.29 is 17.5 Å². The van der Waals surface area contributed by atoms with E-state index in [-0.39, 0.29) is 0 Å². The van der Waals surface area contributed by atoms with Crippen LogP contribution in [0.25, 0.3) is 0 Å². The predicted octanol–water partition coefficient (Wildman–Crippen LogP) is 5.38. The van der Waals surface area contributed by atoms with E-state index in [4.69, 9.17) is 17.5 Å². The van der Waals surface area contributed by atoms with Gasteiger partial charge in [0.2, 0.25) is 0 Å². The molecule has 0 heterocycles. The van der Waals surface area contributed by atoms with E-state index in [2.05, 4.69) is 25.9 Å². The Hall–Kier alpha value is -0.170. The van der Waals surface area contributed by atoms with Crippen molar-refractivity contribution in [3.63, 3.8) is 0 Å². The van der Waals surface area contributed by atoms with E-state index in [1.54, 1.807) is 0 Å². The highest BCUT2D eigenvalue weighted by Gasteiger charge is 1.94. The average molecular weight is 368 g/mol. The van der Waals surface area contributed by atoms with Crippen LogP contribution in [0.1, 0.15) is 96.8 Å². The molecule has 0 atom stereocenters. The largest absolute Gasteiger partial charge is 0.394 e. The van der Waals surface area contributed by atoms with Gasteiger partial charge in [-0.3, -0.25) is 9.11 Å². The van der Waals surface area contributed by atoms with Gasteiger partial charge < -0.3 is 4.90 Å². The number of unbranched alkanes of at least 4 members (excludes halogenated alkanes) is 13. The Morgan fingerprint density at radius 1 is 0.625 bits per heavy atom. The summed E-state index contributed by atoms with van der Waals surface area (Å²) in [4.78, 5) is 2.29. The molecular formula is C18H41NO4S. The van der Waals surface area contributed by atoms with Gasteiger partial charge in [0.1, 0.15) is 0 Å². The van der Waals surface area contributed by atoms with Gasteiger partial charge in [-0.25, -0.2) is 0 Å². The molecule has 0 rings (SSSR count). The van der Waals surface area contributed by atoms with Crippen molar-refractivity contribution >= 4 is 10.4 Å². The monoisotopic (exact) mass is 367 g/mol. The lowest BCUT2D eigenvalue weighted by Crippen LogP contribution is -2.12. The van der Waals surface area contributed by atoms with Crippen molar-refractivity contribution in [1.82, 2.24) is 4.90 Å². The summed E-state index contributed by atoms with van der Waals surface area (Å²) in [6.07, 6.45) is 20.3. The molecule has 0 amide bonds. The van der Waals surface area contributed by atoms with Crippen molar-refractivity contribution in [1.29, 1.82) is 0 Å². The van der Waals surface area contributed by atoms with Crippen molar-refractivity contribution in [3.05, 3.63) is 0 Å². The van der Waals surface area contributed by atoms with E-state index in [0.29, 0.717) is 0 Å². The van der Waals surface area contributed by atoms with Gasteiger partial charge in [0.05, 0.1) is 0 Å². The molecule has 0 saturated carbocycles. The predicted molar refractivity (Wildman–Crippen MR) is 103 cm³/mol. The van der Waals surface area contributed by atoms with E-state index in [0.717, 1.165) is 0 Å². The second-order valence-electron chi connectivity index (χ2n) is 6.85. The first-order valence-electron chi connectivity index (χ1n) is 9.62. The minimum absolute atomic E-state index is 1.26. The first-order chi connectivity index (χ1) is 11.3. The van der Waals surface area contributed by atoms with Crippen LogP contribution < -0.4 is 0 Å². The van der Waals surface area contributed by atoms with Crippen LogP contribution >= 0.6 is 0 Å². The minimum Gasteiger partial charge on any atom is -0.309 e. The van der Waals surface area contributed by atoms with Crippen molar-refractivity contribution in [3.8, 4) is 0 Å². The van der Waals surface area contributed by atoms with E-state index in [1.165, 1.54) is 96.4 Å². The highest BCUT2D eigenvalue weighted by molar-refractivity contribution is 7.79. The molecule has 0 unspecified atom stereocenters. The van der Waals surface area contributed by atoms with E-state index >= 15 is 0 Å². The maximum absolute atomic E-state index is 8.74. The Kier molecular flexibility index (Phi) is 20.8. The van der Waals surface area contributed by atoms with Crippen LogP contribution in [0, 0.1) is 0 Å². The molecule has 0 saturated heterocycles. The first kappa shape index (κ1) is 26.1. The zero-order valence-corrected chi connectivity index (χ0v) is 17.0. The van der Waals surface area contributed by atoms with Crippen LogP contribution in [-0.2, 0) is 10.4 Å². The maximum Gasteiger partial charge on any atom is 0.394 e. The van der Waals surface area contributed by atoms with Gasteiger partial charge in [-0.05, 0) is 27.1 Å². The topological polar surface area (TPSA) is 77.8 Å². The van der Waals surface area contributed by atoms with Gasteiger partial charge >= 0.3 is 10.4 Å². The Labute approximate surface area is 150 Å². The summed E-state index contributed by atoms with van der Waals surface area (Å²) in [7, 11) is -0.329. The minimum atomic E-state index is -4.67. The van der Waals surface area contributed by atoms with Gasteiger partial charge in [-0.15, -0.1) is 0 Å². The van der Waals surface area contributed by atoms with E-state index < -0.39 is 10.4 Å². The molecule has 148 valence electrons. The summed E-state index contributed by atoms with van der Waals surface area (Å²) in [5.74, 6) is 0. The summed E-state index contributed by atoms with van der Waals surface area (Å²) in [6, 6.07) is 0. The number of hydrogen-bond acceptors (Lipinski definition) is 3. The molecule has 0 aromatic carbocycles. The molecule has 0 aliphatic carbocycles. The van der Waals surface area contributed by atoms with Crippen LogP contribution in [0.4, 0.5) is 0 Å². The Balaban J connectivity index is 0. The quantitative estimate of drug-likeness (QED) is 0.300. The standard InChI is InChI=1S/C18H39N.H2O4S/c1-4-5-6-7-8-9-10-11-12-13-14-15-16-17-18-19(2)3;1-5(2,3)4/h4-18H2,1-3H3;(H2,1,2,3,4). The van der Waals surface area contributed by atoms with Crippen molar-refractivity contribution in [2.24, 2.45) is 0 Å². The normalized spacial score (nSPS) is 11.4. The summed E-state index contributed by atoms with van der Waals surface area (Å²) in [5, 5.41) is 0. The lowest BCUT2D eigenvalue weighted by molar-refractivity contribution is 0.381. The molecule has 0 fully saturated rings. The Morgan fingerprint density at radius 3 is 1.12 bits per heavy atom. The number of hydrogen-bond donors (Lipinski definition) is 2. The van der Waals surface area contributed by atoms with Crippen LogP contribution in [-0.4, -0.2) is 43.1 Å². The molecule has 5 nitrogen and oxygen atoms in total. The first-order valence-corrected chi connectivity index (χ1v) is 11.0. The summed E-state index contributed by atoms with van der Waals surface area (Å²) in [6.45, 7) is 3.55. The molecule has 0 radical (unpaired) electrons. The molecule has 24 heavy (non-hydrogen) atoms. The third-order valence-corrected chi connectivity index (χ3v) is 3.96. The number of rotatable bonds is 15. The fourth-order valence-corrected chi connectivity index (χ4v) is 2.62. The fraction of sp³-hybridized carbons (Fsp3) is 1.00. The van der Waals surface area contributed by atoms with Gasteiger partial charge in [0.25, 0.3) is 0 Å². The van der Waals surface area contributed by atoms with Gasteiger partial charge in [0, 0.05) is 0 Å². The Bertz CT molecular complexity index is 324. The van der Waals surface area contributed by atoms with Crippen LogP contribution in [0.15, 0.2) is 0 Å².